The summed E-state index contributed by atoms with van der Waals surface area (Å²) in [4.78, 5) is 11.6. The summed E-state index contributed by atoms with van der Waals surface area (Å²) in [6, 6.07) is 8.12. The standard InChI is InChI=1S/C15H23NO2/c1-3-14(17)10-11-16-15(18)9-8-13-7-5-4-6-12(13)2/h4-7,14,17H,3,8-11H2,1-2H3,(H,16,18). The minimum atomic E-state index is -0.304. The van der Waals surface area contributed by atoms with Crippen molar-refractivity contribution < 1.29 is 9.90 Å². The van der Waals surface area contributed by atoms with E-state index in [2.05, 4.69) is 24.4 Å². The SMILES string of the molecule is CCC(O)CCNC(=O)CCc1ccccc1C. The van der Waals surface area contributed by atoms with E-state index < -0.39 is 0 Å². The van der Waals surface area contributed by atoms with Crippen molar-refractivity contribution >= 4 is 5.91 Å². The van der Waals surface area contributed by atoms with Crippen LogP contribution in [0, 0.1) is 6.92 Å². The van der Waals surface area contributed by atoms with Gasteiger partial charge >= 0.3 is 0 Å². The van der Waals surface area contributed by atoms with E-state index in [1.165, 1.54) is 11.1 Å². The summed E-state index contributed by atoms with van der Waals surface area (Å²) < 4.78 is 0. The maximum Gasteiger partial charge on any atom is 0.220 e. The number of carbonyl (C=O) groups excluding carboxylic acids is 1. The summed E-state index contributed by atoms with van der Waals surface area (Å²) in [5, 5.41) is 12.2. The predicted octanol–water partition coefficient (Wildman–Crippen LogP) is 2.20. The topological polar surface area (TPSA) is 49.3 Å². The molecular formula is C15H23NO2. The number of hydrogen-bond donors (Lipinski definition) is 2. The summed E-state index contributed by atoms with van der Waals surface area (Å²) in [6.07, 6.45) is 2.34. The zero-order valence-electron chi connectivity index (χ0n) is 11.3. The summed E-state index contributed by atoms with van der Waals surface area (Å²) in [7, 11) is 0. The molecule has 1 unspecified atom stereocenters. The lowest BCUT2D eigenvalue weighted by atomic mass is 10.0. The molecule has 0 saturated carbocycles. The van der Waals surface area contributed by atoms with Gasteiger partial charge in [-0.05, 0) is 37.3 Å². The van der Waals surface area contributed by atoms with Crippen LogP contribution in [0.1, 0.15) is 37.3 Å². The predicted molar refractivity (Wildman–Crippen MR) is 73.4 cm³/mol. The molecule has 3 heteroatoms. The molecule has 0 aliphatic rings. The van der Waals surface area contributed by atoms with E-state index in [0.717, 1.165) is 12.8 Å². The number of benzene rings is 1. The molecule has 0 aliphatic carbocycles. The van der Waals surface area contributed by atoms with Gasteiger partial charge in [-0.15, -0.1) is 0 Å². The molecule has 1 amide bonds. The Balaban J connectivity index is 2.23. The molecule has 2 N–H and O–H groups in total. The molecule has 0 bridgehead atoms. The summed E-state index contributed by atoms with van der Waals surface area (Å²) in [5.41, 5.74) is 2.45. The fourth-order valence-corrected chi connectivity index (χ4v) is 1.81. The molecule has 18 heavy (non-hydrogen) atoms. The van der Waals surface area contributed by atoms with E-state index >= 15 is 0 Å². The second-order valence-electron chi connectivity index (χ2n) is 4.63. The smallest absolute Gasteiger partial charge is 0.220 e. The average Bonchev–Trinajstić information content (AvgIpc) is 2.37. The number of aliphatic hydroxyl groups is 1. The van der Waals surface area contributed by atoms with Crippen LogP contribution in [0.3, 0.4) is 0 Å². The molecule has 1 rings (SSSR count). The normalized spacial score (nSPS) is 12.2. The van der Waals surface area contributed by atoms with Crippen LogP contribution < -0.4 is 5.32 Å². The molecule has 0 fully saturated rings. The Kier molecular flexibility index (Phi) is 6.44. The summed E-state index contributed by atoms with van der Waals surface area (Å²) in [6.45, 7) is 4.55. The molecule has 0 heterocycles. The molecule has 100 valence electrons. The van der Waals surface area contributed by atoms with Crippen molar-refractivity contribution in [3.05, 3.63) is 35.4 Å². The number of aryl methyl sites for hydroxylation is 2. The number of aliphatic hydroxyl groups excluding tert-OH is 1. The van der Waals surface area contributed by atoms with Gasteiger partial charge in [0.15, 0.2) is 0 Å². The highest BCUT2D eigenvalue weighted by Crippen LogP contribution is 2.09. The Morgan fingerprint density at radius 1 is 1.39 bits per heavy atom. The third-order valence-electron chi connectivity index (χ3n) is 3.15. The minimum absolute atomic E-state index is 0.0570. The zero-order valence-corrected chi connectivity index (χ0v) is 11.3. The number of nitrogens with one attached hydrogen (secondary N) is 1. The first-order valence-electron chi connectivity index (χ1n) is 6.62. The van der Waals surface area contributed by atoms with E-state index in [1.54, 1.807) is 0 Å². The fraction of sp³-hybridized carbons (Fsp3) is 0.533. The fourth-order valence-electron chi connectivity index (χ4n) is 1.81. The van der Waals surface area contributed by atoms with Crippen LogP contribution in [0.4, 0.5) is 0 Å². The molecule has 0 aliphatic heterocycles. The van der Waals surface area contributed by atoms with Gasteiger partial charge in [-0.2, -0.15) is 0 Å². The number of amides is 1. The molecule has 3 nitrogen and oxygen atoms in total. The Morgan fingerprint density at radius 3 is 2.78 bits per heavy atom. The Hall–Kier alpha value is -1.35. The van der Waals surface area contributed by atoms with Gasteiger partial charge in [0.2, 0.25) is 5.91 Å². The Morgan fingerprint density at radius 2 is 2.11 bits per heavy atom. The largest absolute Gasteiger partial charge is 0.393 e. The first-order valence-corrected chi connectivity index (χ1v) is 6.62. The van der Waals surface area contributed by atoms with Crippen LogP contribution in [-0.2, 0) is 11.2 Å². The maximum atomic E-state index is 11.6. The quantitative estimate of drug-likeness (QED) is 0.778. The lowest BCUT2D eigenvalue weighted by Crippen LogP contribution is -2.27. The summed E-state index contributed by atoms with van der Waals surface area (Å²) >= 11 is 0. The highest BCUT2D eigenvalue weighted by Gasteiger charge is 2.05. The molecule has 1 atom stereocenters. The van der Waals surface area contributed by atoms with Crippen molar-refractivity contribution in [1.29, 1.82) is 0 Å². The molecule has 1 aromatic rings. The van der Waals surface area contributed by atoms with E-state index in [-0.39, 0.29) is 12.0 Å². The van der Waals surface area contributed by atoms with Gasteiger partial charge in [0.1, 0.15) is 0 Å². The highest BCUT2D eigenvalue weighted by atomic mass is 16.3. The van der Waals surface area contributed by atoms with Crippen molar-refractivity contribution in [3.8, 4) is 0 Å². The second-order valence-corrected chi connectivity index (χ2v) is 4.63. The van der Waals surface area contributed by atoms with E-state index in [9.17, 15) is 9.90 Å². The third-order valence-corrected chi connectivity index (χ3v) is 3.15. The second kappa shape index (κ2) is 7.88. The van der Waals surface area contributed by atoms with Gasteiger partial charge in [0.05, 0.1) is 6.10 Å². The Labute approximate surface area is 109 Å². The van der Waals surface area contributed by atoms with Gasteiger partial charge in [0, 0.05) is 13.0 Å². The third kappa shape index (κ3) is 5.32. The van der Waals surface area contributed by atoms with Crippen molar-refractivity contribution in [2.45, 2.75) is 45.6 Å². The molecule has 0 radical (unpaired) electrons. The van der Waals surface area contributed by atoms with E-state index in [4.69, 9.17) is 0 Å². The van der Waals surface area contributed by atoms with Crippen LogP contribution in [0.2, 0.25) is 0 Å². The first-order chi connectivity index (χ1) is 8.63. The van der Waals surface area contributed by atoms with Gasteiger partial charge < -0.3 is 10.4 Å². The van der Waals surface area contributed by atoms with Crippen LogP contribution in [0.25, 0.3) is 0 Å². The summed E-state index contributed by atoms with van der Waals surface area (Å²) in [5.74, 6) is 0.0570. The van der Waals surface area contributed by atoms with Crippen molar-refractivity contribution in [3.63, 3.8) is 0 Å². The minimum Gasteiger partial charge on any atom is -0.393 e. The Bertz CT molecular complexity index is 377. The number of carbonyl (C=O) groups is 1. The monoisotopic (exact) mass is 249 g/mol. The van der Waals surface area contributed by atoms with Crippen LogP contribution in [-0.4, -0.2) is 23.7 Å². The van der Waals surface area contributed by atoms with Gasteiger partial charge in [-0.25, -0.2) is 0 Å². The van der Waals surface area contributed by atoms with Crippen molar-refractivity contribution in [1.82, 2.24) is 5.32 Å². The molecule has 1 aromatic carbocycles. The van der Waals surface area contributed by atoms with Crippen LogP contribution >= 0.6 is 0 Å². The number of rotatable bonds is 7. The first kappa shape index (κ1) is 14.7. The van der Waals surface area contributed by atoms with Gasteiger partial charge in [0.25, 0.3) is 0 Å². The molecule has 0 saturated heterocycles. The molecule has 0 spiro atoms. The van der Waals surface area contributed by atoms with Crippen LogP contribution in [0.5, 0.6) is 0 Å². The highest BCUT2D eigenvalue weighted by molar-refractivity contribution is 5.76. The molecular weight excluding hydrogens is 226 g/mol. The van der Waals surface area contributed by atoms with Gasteiger partial charge in [-0.3, -0.25) is 4.79 Å². The van der Waals surface area contributed by atoms with Crippen LogP contribution in [0.15, 0.2) is 24.3 Å². The average molecular weight is 249 g/mol. The van der Waals surface area contributed by atoms with E-state index in [1.807, 2.05) is 19.1 Å². The van der Waals surface area contributed by atoms with Crippen molar-refractivity contribution in [2.24, 2.45) is 0 Å². The van der Waals surface area contributed by atoms with Gasteiger partial charge in [-0.1, -0.05) is 31.2 Å². The maximum absolute atomic E-state index is 11.6. The number of hydrogen-bond acceptors (Lipinski definition) is 2. The lowest BCUT2D eigenvalue weighted by Gasteiger charge is -2.09. The molecule has 0 aromatic heterocycles. The van der Waals surface area contributed by atoms with E-state index in [0.29, 0.717) is 19.4 Å². The van der Waals surface area contributed by atoms with Crippen molar-refractivity contribution in [2.75, 3.05) is 6.54 Å². The zero-order chi connectivity index (χ0) is 13.4. The lowest BCUT2D eigenvalue weighted by molar-refractivity contribution is -0.121.